The van der Waals surface area contributed by atoms with E-state index >= 15 is 0 Å². The molecule has 0 aromatic heterocycles. The molecule has 0 amide bonds. The van der Waals surface area contributed by atoms with Gasteiger partial charge in [0.15, 0.2) is 0 Å². The highest BCUT2D eigenvalue weighted by molar-refractivity contribution is 5.50. The fourth-order valence-electron chi connectivity index (χ4n) is 6.40. The van der Waals surface area contributed by atoms with Crippen molar-refractivity contribution in [3.8, 4) is 24.3 Å². The number of rotatable bonds is 2. The Hall–Kier alpha value is -4.00. The van der Waals surface area contributed by atoms with Crippen LogP contribution < -0.4 is 0 Å². The second-order valence-electron chi connectivity index (χ2n) is 10.3. The molecule has 0 aromatic carbocycles. The number of nitrogens with zero attached hydrogens (tertiary/aromatic N) is 6. The summed E-state index contributed by atoms with van der Waals surface area (Å²) in [7, 11) is 0. The average Bonchev–Trinajstić information content (AvgIpc) is 2.93. The van der Waals surface area contributed by atoms with Crippen molar-refractivity contribution < 1.29 is 0 Å². The third-order valence-corrected chi connectivity index (χ3v) is 8.49. The smallest absolute Gasteiger partial charge is 0.132 e. The van der Waals surface area contributed by atoms with E-state index in [1.165, 1.54) is 22.5 Å². The lowest BCUT2D eigenvalue weighted by Crippen LogP contribution is -2.46. The molecule has 5 aliphatic rings. The van der Waals surface area contributed by atoms with Crippen molar-refractivity contribution in [1.82, 2.24) is 9.80 Å². The van der Waals surface area contributed by atoms with Crippen LogP contribution in [0.5, 0.6) is 0 Å². The summed E-state index contributed by atoms with van der Waals surface area (Å²) in [5, 5.41) is 37.1. The first-order valence-electron chi connectivity index (χ1n) is 13.0. The van der Waals surface area contributed by atoms with Gasteiger partial charge in [0, 0.05) is 37.6 Å². The van der Waals surface area contributed by atoms with Gasteiger partial charge in [-0.05, 0) is 97.6 Å². The van der Waals surface area contributed by atoms with E-state index < -0.39 is 0 Å². The van der Waals surface area contributed by atoms with Crippen LogP contribution >= 0.6 is 0 Å². The number of allylic oxidation sites excluding steroid dienone is 12. The van der Waals surface area contributed by atoms with Gasteiger partial charge in [-0.15, -0.1) is 0 Å². The molecule has 0 radical (unpaired) electrons. The maximum atomic E-state index is 9.26. The molecule has 0 spiro atoms. The predicted molar refractivity (Wildman–Crippen MR) is 136 cm³/mol. The topological polar surface area (TPSA) is 102 Å². The van der Waals surface area contributed by atoms with E-state index in [4.69, 9.17) is 0 Å². The Morgan fingerprint density at radius 1 is 0.556 bits per heavy atom. The summed E-state index contributed by atoms with van der Waals surface area (Å²) in [4.78, 5) is 5.03. The average molecular weight is 475 g/mol. The summed E-state index contributed by atoms with van der Waals surface area (Å²) in [6.07, 6.45) is 17.0. The highest BCUT2D eigenvalue weighted by atomic mass is 15.3. The SMILES string of the molecule is N#CC(C#N)=C1C=C2C=C(N3CCN(C4=CC5=CC(=C(C#N)C#N)CC[C@H]5CC4)CC3)CC[C@@H]2CC1. The molecule has 0 aromatic rings. The normalized spacial score (nSPS) is 25.3. The Bertz CT molecular complexity index is 1160. The third-order valence-electron chi connectivity index (χ3n) is 8.49. The van der Waals surface area contributed by atoms with E-state index in [0.29, 0.717) is 11.8 Å². The van der Waals surface area contributed by atoms with Crippen molar-refractivity contribution in [3.05, 3.63) is 69.1 Å². The molecule has 180 valence electrons. The summed E-state index contributed by atoms with van der Waals surface area (Å²) in [5.74, 6) is 1.09. The van der Waals surface area contributed by atoms with Crippen LogP contribution in [-0.2, 0) is 0 Å². The highest BCUT2D eigenvalue weighted by Crippen LogP contribution is 2.41. The molecule has 1 heterocycles. The van der Waals surface area contributed by atoms with Gasteiger partial charge in [-0.1, -0.05) is 12.2 Å². The van der Waals surface area contributed by atoms with Gasteiger partial charge in [-0.3, -0.25) is 0 Å². The Balaban J connectivity index is 1.28. The zero-order valence-electron chi connectivity index (χ0n) is 20.6. The van der Waals surface area contributed by atoms with Crippen LogP contribution in [0.1, 0.15) is 51.4 Å². The number of fused-ring (bicyclic) bond motifs is 2. The van der Waals surface area contributed by atoms with Gasteiger partial charge in [0.05, 0.1) is 0 Å². The largest absolute Gasteiger partial charge is 0.371 e. The van der Waals surface area contributed by atoms with Crippen molar-refractivity contribution in [1.29, 1.82) is 21.0 Å². The second kappa shape index (κ2) is 10.3. The Morgan fingerprint density at radius 2 is 0.917 bits per heavy atom. The van der Waals surface area contributed by atoms with Gasteiger partial charge < -0.3 is 9.80 Å². The molecule has 1 aliphatic heterocycles. The second-order valence-corrected chi connectivity index (χ2v) is 10.3. The zero-order valence-corrected chi connectivity index (χ0v) is 20.6. The molecule has 0 saturated carbocycles. The molecule has 5 rings (SSSR count). The molecule has 4 aliphatic carbocycles. The number of hydrogen-bond acceptors (Lipinski definition) is 6. The first-order chi connectivity index (χ1) is 17.6. The minimum absolute atomic E-state index is 0.255. The molecule has 2 atom stereocenters. The summed E-state index contributed by atoms with van der Waals surface area (Å²) < 4.78 is 0. The van der Waals surface area contributed by atoms with Gasteiger partial charge in [-0.25, -0.2) is 0 Å². The van der Waals surface area contributed by atoms with Crippen LogP contribution in [0.25, 0.3) is 0 Å². The van der Waals surface area contributed by atoms with Crippen molar-refractivity contribution >= 4 is 0 Å². The van der Waals surface area contributed by atoms with E-state index in [9.17, 15) is 21.0 Å². The Kier molecular flexibility index (Phi) is 6.80. The standard InChI is InChI=1S/C30H30N6/c31-17-27(18-32)23-3-1-21-5-7-29(15-25(21)13-23)35-9-11-36(12-10-35)30-8-6-22-2-4-24(14-26(22)16-30)28(19-33)20-34/h13-16,21-22H,1-12H2/t21-,22-/m0/s1. The number of piperazine rings is 1. The molecular formula is C30H30N6. The van der Waals surface area contributed by atoms with E-state index in [1.54, 1.807) is 0 Å². The van der Waals surface area contributed by atoms with Crippen molar-refractivity contribution in [2.24, 2.45) is 11.8 Å². The first-order valence-corrected chi connectivity index (χ1v) is 13.0. The lowest BCUT2D eigenvalue weighted by Gasteiger charge is -2.43. The molecule has 1 saturated heterocycles. The quantitative estimate of drug-likeness (QED) is 0.502. The third kappa shape index (κ3) is 4.61. The minimum Gasteiger partial charge on any atom is -0.371 e. The van der Waals surface area contributed by atoms with E-state index in [2.05, 4.69) is 58.4 Å². The number of hydrogen-bond donors (Lipinski definition) is 0. The highest BCUT2D eigenvalue weighted by Gasteiger charge is 2.30. The van der Waals surface area contributed by atoms with Crippen LogP contribution in [0, 0.1) is 57.2 Å². The molecule has 6 heteroatoms. The summed E-state index contributed by atoms with van der Waals surface area (Å²) in [5.41, 5.74) is 7.63. The molecular weight excluding hydrogens is 444 g/mol. The summed E-state index contributed by atoms with van der Waals surface area (Å²) in [6.45, 7) is 3.97. The van der Waals surface area contributed by atoms with Crippen molar-refractivity contribution in [2.75, 3.05) is 26.2 Å². The fraction of sp³-hybridized carbons (Fsp3) is 0.467. The van der Waals surface area contributed by atoms with Gasteiger partial charge >= 0.3 is 0 Å². The molecule has 1 fully saturated rings. The van der Waals surface area contributed by atoms with Gasteiger partial charge in [0.2, 0.25) is 0 Å². The van der Waals surface area contributed by atoms with Gasteiger partial charge in [-0.2, -0.15) is 21.0 Å². The van der Waals surface area contributed by atoms with E-state index in [0.717, 1.165) is 88.7 Å². The predicted octanol–water partition coefficient (Wildman–Crippen LogP) is 5.32. The van der Waals surface area contributed by atoms with Gasteiger partial charge in [0.1, 0.15) is 35.4 Å². The van der Waals surface area contributed by atoms with E-state index in [1.807, 2.05) is 0 Å². The van der Waals surface area contributed by atoms with Crippen molar-refractivity contribution in [3.63, 3.8) is 0 Å². The molecule has 36 heavy (non-hydrogen) atoms. The zero-order chi connectivity index (χ0) is 25.1. The monoisotopic (exact) mass is 474 g/mol. The lowest BCUT2D eigenvalue weighted by molar-refractivity contribution is 0.177. The van der Waals surface area contributed by atoms with Crippen LogP contribution in [-0.4, -0.2) is 36.0 Å². The maximum Gasteiger partial charge on any atom is 0.132 e. The minimum atomic E-state index is 0.255. The first kappa shape index (κ1) is 23.7. The van der Waals surface area contributed by atoms with Crippen molar-refractivity contribution in [2.45, 2.75) is 51.4 Å². The Morgan fingerprint density at radius 3 is 1.28 bits per heavy atom. The van der Waals surface area contributed by atoms with Crippen LogP contribution in [0.3, 0.4) is 0 Å². The Labute approximate surface area is 213 Å². The lowest BCUT2D eigenvalue weighted by atomic mass is 9.77. The van der Waals surface area contributed by atoms with Gasteiger partial charge in [0.25, 0.3) is 0 Å². The van der Waals surface area contributed by atoms with Crippen LogP contribution in [0.15, 0.2) is 69.1 Å². The van der Waals surface area contributed by atoms with Crippen LogP contribution in [0.4, 0.5) is 0 Å². The number of nitriles is 4. The summed E-state index contributed by atoms with van der Waals surface area (Å²) >= 11 is 0. The van der Waals surface area contributed by atoms with Crippen LogP contribution in [0.2, 0.25) is 0 Å². The molecule has 0 bridgehead atoms. The molecule has 0 unspecified atom stereocenters. The van der Waals surface area contributed by atoms with E-state index in [-0.39, 0.29) is 11.1 Å². The summed E-state index contributed by atoms with van der Waals surface area (Å²) in [6, 6.07) is 8.22. The fourth-order valence-corrected chi connectivity index (χ4v) is 6.40. The molecule has 6 nitrogen and oxygen atoms in total. The maximum absolute atomic E-state index is 9.26. The molecule has 0 N–H and O–H groups in total.